The van der Waals surface area contributed by atoms with Crippen LogP contribution in [0, 0.1) is 5.92 Å². The van der Waals surface area contributed by atoms with E-state index in [0.29, 0.717) is 41.6 Å². The molecule has 2 aromatic rings. The molecule has 1 heterocycles. The van der Waals surface area contributed by atoms with Crippen LogP contribution in [0.4, 0.5) is 5.69 Å². The molecule has 7 nitrogen and oxygen atoms in total. The van der Waals surface area contributed by atoms with Gasteiger partial charge in [0.1, 0.15) is 18.5 Å². The predicted molar refractivity (Wildman–Crippen MR) is 125 cm³/mol. The molecule has 0 spiro atoms. The molecule has 2 aromatic carbocycles. The van der Waals surface area contributed by atoms with Gasteiger partial charge >= 0.3 is 0 Å². The maximum Gasteiger partial charge on any atom is 0.255 e. The van der Waals surface area contributed by atoms with E-state index in [1.54, 1.807) is 55.6 Å². The van der Waals surface area contributed by atoms with Crippen molar-refractivity contribution in [2.75, 3.05) is 32.2 Å². The number of rotatable bonds is 7. The molecule has 1 saturated heterocycles. The van der Waals surface area contributed by atoms with E-state index in [1.807, 2.05) is 4.90 Å². The molecule has 2 fully saturated rings. The summed E-state index contributed by atoms with van der Waals surface area (Å²) in [7, 11) is 1.58. The molecule has 1 aliphatic heterocycles. The zero-order valence-corrected chi connectivity index (χ0v) is 19.0. The fourth-order valence-corrected chi connectivity index (χ4v) is 4.70. The Hall–Kier alpha value is -2.90. The molecule has 33 heavy (non-hydrogen) atoms. The minimum absolute atomic E-state index is 0.0563. The van der Waals surface area contributed by atoms with E-state index in [0.717, 1.165) is 12.8 Å². The molecule has 2 amide bonds. The number of hydrogen-bond acceptors (Lipinski definition) is 5. The minimum atomic E-state index is -0.857. The number of hydrogen-bond donors (Lipinski definition) is 2. The Kier molecular flexibility index (Phi) is 7.62. The third-order valence-electron chi connectivity index (χ3n) is 6.64. The molecular weight excluding hydrogens is 420 g/mol. The van der Waals surface area contributed by atoms with Crippen LogP contribution in [-0.2, 0) is 9.53 Å². The van der Waals surface area contributed by atoms with Crippen molar-refractivity contribution < 1.29 is 24.2 Å². The molecule has 176 valence electrons. The fourth-order valence-electron chi connectivity index (χ4n) is 4.70. The van der Waals surface area contributed by atoms with Crippen LogP contribution < -0.4 is 10.1 Å². The van der Waals surface area contributed by atoms with E-state index in [1.165, 1.54) is 19.3 Å². The van der Waals surface area contributed by atoms with Crippen LogP contribution in [0.5, 0.6) is 5.75 Å². The Balaban J connectivity index is 1.41. The standard InChI is InChI=1S/C26H32N2O5/c1-32-22-13-9-20(10-14-22)26(31)27-21-11-7-19(8-12-21)25(30)23-16-33-17-24(29)28(23)15-18-5-3-2-4-6-18/h7-14,18,23,25,30H,2-6,15-17H2,1H3,(H,27,31)/t23-,25-/m1/s1. The number of carbonyl (C=O) groups excluding carboxylic acids is 2. The largest absolute Gasteiger partial charge is 0.497 e. The molecule has 4 rings (SSSR count). The van der Waals surface area contributed by atoms with Crippen LogP contribution in [0.25, 0.3) is 0 Å². The van der Waals surface area contributed by atoms with Gasteiger partial charge in [-0.1, -0.05) is 31.4 Å². The Morgan fingerprint density at radius 2 is 1.82 bits per heavy atom. The summed E-state index contributed by atoms with van der Waals surface area (Å²) in [5.74, 6) is 0.897. The summed E-state index contributed by atoms with van der Waals surface area (Å²) in [6, 6.07) is 13.6. The molecule has 1 saturated carbocycles. The molecule has 0 bridgehead atoms. The van der Waals surface area contributed by atoms with Crippen LogP contribution in [-0.4, -0.2) is 54.7 Å². The van der Waals surface area contributed by atoms with Gasteiger partial charge in [0, 0.05) is 17.8 Å². The predicted octanol–water partition coefficient (Wildman–Crippen LogP) is 3.79. The highest BCUT2D eigenvalue weighted by Crippen LogP contribution is 2.30. The average Bonchev–Trinajstić information content (AvgIpc) is 2.86. The number of aliphatic hydroxyl groups is 1. The monoisotopic (exact) mass is 452 g/mol. The Bertz CT molecular complexity index is 938. The second-order valence-electron chi connectivity index (χ2n) is 8.88. The topological polar surface area (TPSA) is 88.1 Å². The first-order valence-electron chi connectivity index (χ1n) is 11.7. The zero-order valence-electron chi connectivity index (χ0n) is 19.0. The highest BCUT2D eigenvalue weighted by Gasteiger charge is 2.36. The molecule has 2 N–H and O–H groups in total. The van der Waals surface area contributed by atoms with Gasteiger partial charge in [0.15, 0.2) is 0 Å². The van der Waals surface area contributed by atoms with Crippen LogP contribution >= 0.6 is 0 Å². The van der Waals surface area contributed by atoms with Crippen LogP contribution in [0.3, 0.4) is 0 Å². The van der Waals surface area contributed by atoms with E-state index in [2.05, 4.69) is 5.32 Å². The van der Waals surface area contributed by atoms with Gasteiger partial charge in [-0.05, 0) is 60.7 Å². The summed E-state index contributed by atoms with van der Waals surface area (Å²) in [6.45, 7) is 1.07. The average molecular weight is 453 g/mol. The van der Waals surface area contributed by atoms with Gasteiger partial charge in [-0.3, -0.25) is 9.59 Å². The van der Waals surface area contributed by atoms with E-state index < -0.39 is 12.1 Å². The van der Waals surface area contributed by atoms with Gasteiger partial charge in [-0.15, -0.1) is 0 Å². The van der Waals surface area contributed by atoms with Crippen molar-refractivity contribution in [3.05, 3.63) is 59.7 Å². The number of amides is 2. The molecule has 2 atom stereocenters. The van der Waals surface area contributed by atoms with Crippen molar-refractivity contribution in [3.8, 4) is 5.75 Å². The first-order chi connectivity index (χ1) is 16.0. The molecule has 0 aromatic heterocycles. The fraction of sp³-hybridized carbons (Fsp3) is 0.462. The number of nitrogens with zero attached hydrogens (tertiary/aromatic N) is 1. The van der Waals surface area contributed by atoms with Crippen LogP contribution in [0.1, 0.15) is 54.1 Å². The van der Waals surface area contributed by atoms with Crippen molar-refractivity contribution >= 4 is 17.5 Å². The molecule has 0 radical (unpaired) electrons. The number of morpholine rings is 1. The van der Waals surface area contributed by atoms with E-state index >= 15 is 0 Å². The lowest BCUT2D eigenvalue weighted by atomic mass is 9.88. The van der Waals surface area contributed by atoms with Crippen molar-refractivity contribution in [1.82, 2.24) is 4.90 Å². The highest BCUT2D eigenvalue weighted by atomic mass is 16.5. The molecule has 0 unspecified atom stereocenters. The Labute approximate surface area is 194 Å². The van der Waals surface area contributed by atoms with E-state index in [9.17, 15) is 14.7 Å². The van der Waals surface area contributed by atoms with Crippen molar-refractivity contribution in [3.63, 3.8) is 0 Å². The lowest BCUT2D eigenvalue weighted by Gasteiger charge is -2.40. The van der Waals surface area contributed by atoms with Gasteiger partial charge in [0.05, 0.1) is 19.8 Å². The summed E-state index contributed by atoms with van der Waals surface area (Å²) in [5, 5.41) is 14.0. The SMILES string of the molecule is COc1ccc(C(=O)Nc2ccc([C@@H](O)[C@H]3COCC(=O)N3CC3CCCCC3)cc2)cc1. The zero-order chi connectivity index (χ0) is 23.2. The number of anilines is 1. The van der Waals surface area contributed by atoms with Gasteiger partial charge in [-0.2, -0.15) is 0 Å². The number of benzene rings is 2. The normalized spacial score (nSPS) is 20.4. The maximum atomic E-state index is 12.6. The van der Waals surface area contributed by atoms with Crippen molar-refractivity contribution in [1.29, 1.82) is 0 Å². The van der Waals surface area contributed by atoms with Crippen molar-refractivity contribution in [2.45, 2.75) is 44.2 Å². The van der Waals surface area contributed by atoms with Gasteiger partial charge in [0.25, 0.3) is 5.91 Å². The van der Waals surface area contributed by atoms with Gasteiger partial charge < -0.3 is 24.8 Å². The lowest BCUT2D eigenvalue weighted by molar-refractivity contribution is -0.155. The third kappa shape index (κ3) is 5.72. The molecule has 2 aliphatic rings. The van der Waals surface area contributed by atoms with Gasteiger partial charge in [0.2, 0.25) is 5.91 Å². The minimum Gasteiger partial charge on any atom is -0.497 e. The molecule has 7 heteroatoms. The molecular formula is C26H32N2O5. The highest BCUT2D eigenvalue weighted by molar-refractivity contribution is 6.04. The number of aliphatic hydroxyl groups excluding tert-OH is 1. The van der Waals surface area contributed by atoms with E-state index in [-0.39, 0.29) is 18.4 Å². The first kappa shape index (κ1) is 23.3. The second kappa shape index (κ2) is 10.8. The third-order valence-corrected chi connectivity index (χ3v) is 6.64. The number of methoxy groups -OCH3 is 1. The summed E-state index contributed by atoms with van der Waals surface area (Å²) >= 11 is 0. The maximum absolute atomic E-state index is 12.6. The van der Waals surface area contributed by atoms with Crippen molar-refractivity contribution in [2.24, 2.45) is 5.92 Å². The Morgan fingerprint density at radius 1 is 1.12 bits per heavy atom. The molecule has 1 aliphatic carbocycles. The summed E-state index contributed by atoms with van der Waals surface area (Å²) in [6.07, 6.45) is 5.09. The summed E-state index contributed by atoms with van der Waals surface area (Å²) < 4.78 is 10.6. The van der Waals surface area contributed by atoms with E-state index in [4.69, 9.17) is 9.47 Å². The quantitative estimate of drug-likeness (QED) is 0.667. The number of carbonyl (C=O) groups is 2. The Morgan fingerprint density at radius 3 is 2.48 bits per heavy atom. The second-order valence-corrected chi connectivity index (χ2v) is 8.88. The van der Waals surface area contributed by atoms with Crippen LogP contribution in [0.15, 0.2) is 48.5 Å². The number of ether oxygens (including phenoxy) is 2. The number of nitrogens with one attached hydrogen (secondary N) is 1. The van der Waals surface area contributed by atoms with Crippen LogP contribution in [0.2, 0.25) is 0 Å². The lowest BCUT2D eigenvalue weighted by Crippen LogP contribution is -2.53. The first-order valence-corrected chi connectivity index (χ1v) is 11.7. The van der Waals surface area contributed by atoms with Gasteiger partial charge in [-0.25, -0.2) is 0 Å². The smallest absolute Gasteiger partial charge is 0.255 e. The summed E-state index contributed by atoms with van der Waals surface area (Å²) in [4.78, 5) is 26.9. The summed E-state index contributed by atoms with van der Waals surface area (Å²) in [5.41, 5.74) is 1.84.